The van der Waals surface area contributed by atoms with Gasteiger partial charge in [0, 0.05) is 23.5 Å². The molecule has 0 fully saturated rings. The van der Waals surface area contributed by atoms with E-state index in [-0.39, 0.29) is 10.6 Å². The molecule has 7 nitrogen and oxygen atoms in total. The maximum absolute atomic E-state index is 12.8. The zero-order chi connectivity index (χ0) is 18.4. The first-order valence-corrected chi connectivity index (χ1v) is 8.35. The molecule has 0 atom stereocenters. The van der Waals surface area contributed by atoms with Gasteiger partial charge in [0.05, 0.1) is 4.90 Å². The van der Waals surface area contributed by atoms with Gasteiger partial charge in [0.15, 0.2) is 0 Å². The molecule has 130 valence electrons. The van der Waals surface area contributed by atoms with E-state index in [2.05, 4.69) is 10.0 Å². The molecule has 2 rings (SSSR count). The van der Waals surface area contributed by atoms with Crippen molar-refractivity contribution in [2.75, 3.05) is 10.0 Å². The number of carbonyl (C=O) groups excluding carboxylic acids is 1. The molecule has 0 aliphatic heterocycles. The summed E-state index contributed by atoms with van der Waals surface area (Å²) >= 11 is 0. The molecule has 0 saturated carbocycles. The molecule has 0 aliphatic rings. The predicted octanol–water partition coefficient (Wildman–Crippen LogP) is 2.21. The molecule has 2 aromatic rings. The first kappa shape index (κ1) is 18.1. The van der Waals surface area contributed by atoms with E-state index in [1.165, 1.54) is 36.4 Å². The topological polar surface area (TPSA) is 113 Å². The van der Waals surface area contributed by atoms with Crippen LogP contribution in [0.3, 0.4) is 0 Å². The maximum atomic E-state index is 12.8. The SMILES string of the molecule is O=C(O)C=CC(=O)Nc1ccc(S(=O)(=O)Nc2ccc(F)cc2)cc1. The molecule has 0 radical (unpaired) electrons. The fraction of sp³-hybridized carbons (Fsp3) is 0. The molecule has 0 aromatic heterocycles. The van der Waals surface area contributed by atoms with Crippen molar-refractivity contribution in [2.45, 2.75) is 4.90 Å². The summed E-state index contributed by atoms with van der Waals surface area (Å²) in [6.45, 7) is 0. The summed E-state index contributed by atoms with van der Waals surface area (Å²) in [5, 5.41) is 10.8. The van der Waals surface area contributed by atoms with Gasteiger partial charge < -0.3 is 10.4 Å². The van der Waals surface area contributed by atoms with Gasteiger partial charge in [-0.2, -0.15) is 0 Å². The van der Waals surface area contributed by atoms with Gasteiger partial charge in [-0.05, 0) is 48.5 Å². The average molecular weight is 364 g/mol. The van der Waals surface area contributed by atoms with Crippen LogP contribution in [0.25, 0.3) is 0 Å². The monoisotopic (exact) mass is 364 g/mol. The van der Waals surface area contributed by atoms with Gasteiger partial charge in [0.1, 0.15) is 5.82 Å². The number of amides is 1. The lowest BCUT2D eigenvalue weighted by Crippen LogP contribution is -2.13. The summed E-state index contributed by atoms with van der Waals surface area (Å²) in [6.07, 6.45) is 1.52. The Labute approximate surface area is 142 Å². The lowest BCUT2D eigenvalue weighted by atomic mass is 10.3. The number of carboxylic acids is 1. The van der Waals surface area contributed by atoms with Crippen molar-refractivity contribution in [3.05, 3.63) is 66.5 Å². The van der Waals surface area contributed by atoms with Crippen molar-refractivity contribution in [3.63, 3.8) is 0 Å². The third-order valence-corrected chi connectivity index (χ3v) is 4.30. The first-order valence-electron chi connectivity index (χ1n) is 6.87. The standard InChI is InChI=1S/C16H13FN2O5S/c17-11-1-3-13(4-2-11)19-25(23,24)14-7-5-12(6-8-14)18-15(20)9-10-16(21)22/h1-10,19H,(H,18,20)(H,21,22). The first-order chi connectivity index (χ1) is 11.8. The molecule has 3 N–H and O–H groups in total. The molecule has 0 bridgehead atoms. The number of sulfonamides is 1. The Balaban J connectivity index is 2.09. The number of rotatable bonds is 6. The van der Waals surface area contributed by atoms with Crippen molar-refractivity contribution < 1.29 is 27.5 Å². The highest BCUT2D eigenvalue weighted by atomic mass is 32.2. The smallest absolute Gasteiger partial charge is 0.328 e. The molecule has 0 aliphatic carbocycles. The number of anilines is 2. The second-order valence-corrected chi connectivity index (χ2v) is 6.48. The van der Waals surface area contributed by atoms with Gasteiger partial charge in [-0.1, -0.05) is 0 Å². The number of hydrogen-bond acceptors (Lipinski definition) is 4. The molecule has 1 amide bonds. The largest absolute Gasteiger partial charge is 0.478 e. The summed E-state index contributed by atoms with van der Waals surface area (Å²) in [5.41, 5.74) is 0.498. The van der Waals surface area contributed by atoms with E-state index in [0.29, 0.717) is 11.8 Å². The van der Waals surface area contributed by atoms with Crippen molar-refractivity contribution in [2.24, 2.45) is 0 Å². The van der Waals surface area contributed by atoms with E-state index in [9.17, 15) is 22.4 Å². The Morgan fingerprint density at radius 2 is 1.48 bits per heavy atom. The fourth-order valence-corrected chi connectivity index (χ4v) is 2.84. The quantitative estimate of drug-likeness (QED) is 0.680. The van der Waals surface area contributed by atoms with Gasteiger partial charge in [-0.25, -0.2) is 17.6 Å². The summed E-state index contributed by atoms with van der Waals surface area (Å²) in [7, 11) is -3.87. The minimum absolute atomic E-state index is 0.0593. The van der Waals surface area contributed by atoms with Crippen molar-refractivity contribution in [1.29, 1.82) is 0 Å². The van der Waals surface area contributed by atoms with Crippen LogP contribution in [0.2, 0.25) is 0 Å². The zero-order valence-corrected chi connectivity index (χ0v) is 13.5. The Hall–Kier alpha value is -3.20. The summed E-state index contributed by atoms with van der Waals surface area (Å²) in [5.74, 6) is -2.41. The Kier molecular flexibility index (Phi) is 5.50. The molecule has 0 heterocycles. The van der Waals surface area contributed by atoms with Crippen LogP contribution >= 0.6 is 0 Å². The van der Waals surface area contributed by atoms with Crippen molar-refractivity contribution in [3.8, 4) is 0 Å². The maximum Gasteiger partial charge on any atom is 0.328 e. The van der Waals surface area contributed by atoms with E-state index in [4.69, 9.17) is 5.11 Å². The minimum Gasteiger partial charge on any atom is -0.478 e. The van der Waals surface area contributed by atoms with Crippen LogP contribution in [0.5, 0.6) is 0 Å². The number of aliphatic carboxylic acids is 1. The van der Waals surface area contributed by atoms with Crippen LogP contribution in [0.15, 0.2) is 65.6 Å². The normalized spacial score (nSPS) is 11.2. The second-order valence-electron chi connectivity index (χ2n) is 4.80. The molecule has 2 aromatic carbocycles. The van der Waals surface area contributed by atoms with Gasteiger partial charge in [-0.15, -0.1) is 0 Å². The Bertz CT molecular complexity index is 907. The highest BCUT2D eigenvalue weighted by molar-refractivity contribution is 7.92. The molecule has 0 saturated heterocycles. The summed E-state index contributed by atoms with van der Waals surface area (Å²) < 4.78 is 39.6. The van der Waals surface area contributed by atoms with E-state index in [1.807, 2.05) is 0 Å². The third-order valence-electron chi connectivity index (χ3n) is 2.91. The predicted molar refractivity (Wildman–Crippen MR) is 89.1 cm³/mol. The minimum atomic E-state index is -3.87. The number of halogens is 1. The number of hydrogen-bond donors (Lipinski definition) is 3. The van der Waals surface area contributed by atoms with Gasteiger partial charge in [-0.3, -0.25) is 9.52 Å². The molecular formula is C16H13FN2O5S. The van der Waals surface area contributed by atoms with Crippen LogP contribution in [0.4, 0.5) is 15.8 Å². The van der Waals surface area contributed by atoms with Crippen LogP contribution < -0.4 is 10.0 Å². The van der Waals surface area contributed by atoms with Crippen molar-refractivity contribution >= 4 is 33.3 Å². The zero-order valence-electron chi connectivity index (χ0n) is 12.6. The summed E-state index contributed by atoms with van der Waals surface area (Å²) in [4.78, 5) is 21.7. The molecule has 25 heavy (non-hydrogen) atoms. The highest BCUT2D eigenvalue weighted by Crippen LogP contribution is 2.18. The Morgan fingerprint density at radius 1 is 0.920 bits per heavy atom. The van der Waals surface area contributed by atoms with E-state index in [0.717, 1.165) is 18.2 Å². The molecular weight excluding hydrogens is 351 g/mol. The van der Waals surface area contributed by atoms with E-state index < -0.39 is 27.7 Å². The van der Waals surface area contributed by atoms with E-state index in [1.54, 1.807) is 0 Å². The number of carbonyl (C=O) groups is 2. The second kappa shape index (κ2) is 7.58. The fourth-order valence-electron chi connectivity index (χ4n) is 1.78. The van der Waals surface area contributed by atoms with Gasteiger partial charge in [0.25, 0.3) is 10.0 Å². The lowest BCUT2D eigenvalue weighted by Gasteiger charge is -2.09. The van der Waals surface area contributed by atoms with E-state index >= 15 is 0 Å². The van der Waals surface area contributed by atoms with Gasteiger partial charge in [0.2, 0.25) is 5.91 Å². The molecule has 0 spiro atoms. The molecule has 0 unspecified atom stereocenters. The number of nitrogens with one attached hydrogen (secondary N) is 2. The average Bonchev–Trinajstić information content (AvgIpc) is 2.55. The van der Waals surface area contributed by atoms with Crippen LogP contribution in [-0.2, 0) is 19.6 Å². The van der Waals surface area contributed by atoms with Crippen LogP contribution in [0.1, 0.15) is 0 Å². The van der Waals surface area contributed by atoms with Crippen LogP contribution in [-0.4, -0.2) is 25.4 Å². The lowest BCUT2D eigenvalue weighted by molar-refractivity contribution is -0.131. The Morgan fingerprint density at radius 3 is 2.04 bits per heavy atom. The summed E-state index contributed by atoms with van der Waals surface area (Å²) in [6, 6.07) is 10.1. The van der Waals surface area contributed by atoms with Crippen molar-refractivity contribution in [1.82, 2.24) is 0 Å². The number of benzene rings is 2. The highest BCUT2D eigenvalue weighted by Gasteiger charge is 2.14. The van der Waals surface area contributed by atoms with Gasteiger partial charge >= 0.3 is 5.97 Å². The number of carboxylic acid groups (broad SMARTS) is 1. The third kappa shape index (κ3) is 5.43. The molecule has 9 heteroatoms. The van der Waals surface area contributed by atoms with Crippen LogP contribution in [0, 0.1) is 5.82 Å².